The van der Waals surface area contributed by atoms with E-state index >= 15 is 0 Å². The second-order valence-electron chi connectivity index (χ2n) is 5.62. The number of ether oxygens (including phenoxy) is 2. The molecule has 2 N–H and O–H groups in total. The molecule has 1 heterocycles. The molecule has 0 amide bonds. The predicted octanol–water partition coefficient (Wildman–Crippen LogP) is 1.90. The average Bonchev–Trinajstić information content (AvgIpc) is 2.65. The Morgan fingerprint density at radius 3 is 2.16 bits per heavy atom. The Morgan fingerprint density at radius 1 is 1.08 bits per heavy atom. The minimum atomic E-state index is -0.871. The third-order valence-corrected chi connectivity index (χ3v) is 3.64. The van der Waals surface area contributed by atoms with Gasteiger partial charge in [-0.2, -0.15) is 9.97 Å². The van der Waals surface area contributed by atoms with E-state index in [1.54, 1.807) is 0 Å². The Balaban J connectivity index is 2.19. The number of nitrogens with two attached hydrogens (primary N) is 1. The minimum absolute atomic E-state index is 0.141. The van der Waals surface area contributed by atoms with E-state index < -0.39 is 11.4 Å². The molecule has 0 atom stereocenters. The van der Waals surface area contributed by atoms with Gasteiger partial charge in [0, 0.05) is 0 Å². The van der Waals surface area contributed by atoms with Gasteiger partial charge in [-0.05, 0) is 19.4 Å². The van der Waals surface area contributed by atoms with Crippen LogP contribution in [0, 0.1) is 0 Å². The summed E-state index contributed by atoms with van der Waals surface area (Å²) in [6.45, 7) is 3.75. The number of hydrogen-bond acceptors (Lipinski definition) is 7. The van der Waals surface area contributed by atoms with Crippen LogP contribution in [0.1, 0.15) is 30.0 Å². The maximum atomic E-state index is 12.1. The zero-order valence-corrected chi connectivity index (χ0v) is 14.5. The SMILES string of the molecule is COc1cc(OC)nc(C(=O)ON=C(N)C(C)(C)c2ccccc2)n1. The topological polar surface area (TPSA) is 109 Å². The largest absolute Gasteiger partial charge is 0.481 e. The van der Waals surface area contributed by atoms with E-state index in [0.717, 1.165) is 5.56 Å². The van der Waals surface area contributed by atoms with E-state index in [2.05, 4.69) is 15.1 Å². The smallest absolute Gasteiger partial charge is 0.403 e. The standard InChI is InChI=1S/C17H20N4O4/c1-17(2,11-8-6-5-7-9-11)16(18)21-25-15(22)14-19-12(23-3)10-13(20-14)24-4/h5-10H,1-4H3,(H2,18,21). The van der Waals surface area contributed by atoms with Crippen molar-refractivity contribution in [2.24, 2.45) is 10.9 Å². The summed E-state index contributed by atoms with van der Waals surface area (Å²) in [6, 6.07) is 11.0. The molecule has 0 aliphatic heterocycles. The Bertz CT molecular complexity index is 753. The molecule has 2 aromatic rings. The summed E-state index contributed by atoms with van der Waals surface area (Å²) in [6.07, 6.45) is 0. The molecule has 25 heavy (non-hydrogen) atoms. The van der Waals surface area contributed by atoms with E-state index in [1.807, 2.05) is 44.2 Å². The lowest BCUT2D eigenvalue weighted by atomic mass is 9.84. The third-order valence-electron chi connectivity index (χ3n) is 3.64. The quantitative estimate of drug-likeness (QED) is 0.369. The molecule has 1 aromatic heterocycles. The van der Waals surface area contributed by atoms with E-state index in [4.69, 9.17) is 20.0 Å². The molecule has 0 spiro atoms. The molecule has 1 aromatic carbocycles. The molecule has 0 saturated carbocycles. The first-order valence-electron chi connectivity index (χ1n) is 7.46. The fourth-order valence-electron chi connectivity index (χ4n) is 1.95. The molecule has 0 radical (unpaired) electrons. The highest BCUT2D eigenvalue weighted by Crippen LogP contribution is 2.23. The summed E-state index contributed by atoms with van der Waals surface area (Å²) >= 11 is 0. The van der Waals surface area contributed by atoms with Crippen LogP contribution in [-0.2, 0) is 10.3 Å². The maximum absolute atomic E-state index is 12.1. The van der Waals surface area contributed by atoms with Crippen molar-refractivity contribution in [3.8, 4) is 11.8 Å². The lowest BCUT2D eigenvalue weighted by molar-refractivity contribution is 0.0496. The number of rotatable bonds is 6. The number of methoxy groups -OCH3 is 2. The van der Waals surface area contributed by atoms with Crippen LogP contribution in [0.3, 0.4) is 0 Å². The molecular weight excluding hydrogens is 324 g/mol. The van der Waals surface area contributed by atoms with Crippen molar-refractivity contribution in [2.45, 2.75) is 19.3 Å². The number of carbonyl (C=O) groups excluding carboxylic acids is 1. The lowest BCUT2D eigenvalue weighted by Gasteiger charge is -2.23. The number of aromatic nitrogens is 2. The maximum Gasteiger partial charge on any atom is 0.403 e. The summed E-state index contributed by atoms with van der Waals surface area (Å²) in [5, 5.41) is 3.74. The van der Waals surface area contributed by atoms with Gasteiger partial charge < -0.3 is 20.0 Å². The molecule has 8 nitrogen and oxygen atoms in total. The second-order valence-corrected chi connectivity index (χ2v) is 5.62. The normalized spacial score (nSPS) is 11.8. The second kappa shape index (κ2) is 7.61. The van der Waals surface area contributed by atoms with Gasteiger partial charge in [-0.1, -0.05) is 35.5 Å². The van der Waals surface area contributed by atoms with Crippen LogP contribution in [0.5, 0.6) is 11.8 Å². The van der Waals surface area contributed by atoms with Crippen molar-refractivity contribution < 1.29 is 19.1 Å². The minimum Gasteiger partial charge on any atom is -0.481 e. The van der Waals surface area contributed by atoms with Crippen LogP contribution in [0.2, 0.25) is 0 Å². The number of hydrogen-bond donors (Lipinski definition) is 1. The van der Waals surface area contributed by atoms with Gasteiger partial charge in [0.1, 0.15) is 5.84 Å². The highest BCUT2D eigenvalue weighted by Gasteiger charge is 2.26. The fourth-order valence-corrected chi connectivity index (χ4v) is 1.95. The molecule has 0 aliphatic rings. The van der Waals surface area contributed by atoms with Crippen molar-refractivity contribution in [2.75, 3.05) is 14.2 Å². The van der Waals surface area contributed by atoms with Gasteiger partial charge in [0.2, 0.25) is 17.6 Å². The van der Waals surface area contributed by atoms with Crippen LogP contribution in [0.25, 0.3) is 0 Å². The van der Waals surface area contributed by atoms with Gasteiger partial charge in [0.25, 0.3) is 0 Å². The molecule has 0 unspecified atom stereocenters. The van der Waals surface area contributed by atoms with Crippen LogP contribution in [0.4, 0.5) is 0 Å². The summed E-state index contributed by atoms with van der Waals surface area (Å²) in [7, 11) is 2.82. The summed E-state index contributed by atoms with van der Waals surface area (Å²) < 4.78 is 9.97. The number of amidine groups is 1. The van der Waals surface area contributed by atoms with Crippen LogP contribution in [0.15, 0.2) is 41.6 Å². The zero-order chi connectivity index (χ0) is 18.4. The van der Waals surface area contributed by atoms with Gasteiger partial charge in [0.15, 0.2) is 0 Å². The van der Waals surface area contributed by atoms with Crippen molar-refractivity contribution in [3.05, 3.63) is 47.8 Å². The number of nitrogens with zero attached hydrogens (tertiary/aromatic N) is 3. The summed E-state index contributed by atoms with van der Waals surface area (Å²) in [5.41, 5.74) is 6.32. The highest BCUT2D eigenvalue weighted by atomic mass is 16.7. The molecular formula is C17H20N4O4. The van der Waals surface area contributed by atoms with Gasteiger partial charge in [-0.25, -0.2) is 4.79 Å². The monoisotopic (exact) mass is 344 g/mol. The first kappa shape index (κ1) is 18.2. The first-order chi connectivity index (χ1) is 11.9. The predicted molar refractivity (Wildman–Crippen MR) is 91.6 cm³/mol. The number of benzene rings is 1. The first-order valence-corrected chi connectivity index (χ1v) is 7.46. The Labute approximate surface area is 145 Å². The van der Waals surface area contributed by atoms with Crippen LogP contribution in [-0.4, -0.2) is 36.0 Å². The van der Waals surface area contributed by atoms with Gasteiger partial charge >= 0.3 is 5.97 Å². The number of oxime groups is 1. The highest BCUT2D eigenvalue weighted by molar-refractivity contribution is 5.92. The molecule has 0 fully saturated rings. The van der Waals surface area contributed by atoms with Crippen molar-refractivity contribution in [1.82, 2.24) is 9.97 Å². The average molecular weight is 344 g/mol. The summed E-state index contributed by atoms with van der Waals surface area (Å²) in [5.74, 6) is -0.642. The third kappa shape index (κ3) is 4.23. The van der Waals surface area contributed by atoms with Crippen LogP contribution < -0.4 is 15.2 Å². The van der Waals surface area contributed by atoms with Gasteiger partial charge in [0.05, 0.1) is 25.7 Å². The summed E-state index contributed by atoms with van der Waals surface area (Å²) in [4.78, 5) is 24.8. The van der Waals surface area contributed by atoms with Crippen molar-refractivity contribution >= 4 is 11.8 Å². The molecule has 0 bridgehead atoms. The van der Waals surface area contributed by atoms with Crippen molar-refractivity contribution in [1.29, 1.82) is 0 Å². The van der Waals surface area contributed by atoms with E-state index in [1.165, 1.54) is 20.3 Å². The van der Waals surface area contributed by atoms with Crippen LogP contribution >= 0.6 is 0 Å². The molecule has 2 rings (SSSR count). The van der Waals surface area contributed by atoms with Crippen molar-refractivity contribution in [3.63, 3.8) is 0 Å². The zero-order valence-electron chi connectivity index (χ0n) is 14.5. The molecule has 132 valence electrons. The molecule has 0 saturated heterocycles. The number of carbonyl (C=O) groups is 1. The fraction of sp³-hybridized carbons (Fsp3) is 0.294. The Morgan fingerprint density at radius 2 is 1.64 bits per heavy atom. The van der Waals surface area contributed by atoms with Gasteiger partial charge in [-0.3, -0.25) is 0 Å². The van der Waals surface area contributed by atoms with E-state index in [-0.39, 0.29) is 23.4 Å². The molecule has 8 heteroatoms. The van der Waals surface area contributed by atoms with E-state index in [0.29, 0.717) is 0 Å². The Hall–Kier alpha value is -3.16. The van der Waals surface area contributed by atoms with E-state index in [9.17, 15) is 4.79 Å². The lowest BCUT2D eigenvalue weighted by Crippen LogP contribution is -2.36. The Kier molecular flexibility index (Phi) is 5.53. The molecule has 0 aliphatic carbocycles. The van der Waals surface area contributed by atoms with Gasteiger partial charge in [-0.15, -0.1) is 0 Å².